The first-order valence-electron chi connectivity index (χ1n) is 5.63. The van der Waals surface area contributed by atoms with Crippen molar-refractivity contribution in [1.29, 1.82) is 0 Å². The van der Waals surface area contributed by atoms with E-state index in [1.165, 1.54) is 0 Å². The molecule has 0 saturated carbocycles. The van der Waals surface area contributed by atoms with E-state index in [0.717, 1.165) is 30.8 Å². The minimum Gasteiger partial charge on any atom is -0.496 e. The Hall–Kier alpha value is -1.58. The summed E-state index contributed by atoms with van der Waals surface area (Å²) in [5, 5.41) is 10.5. The summed E-state index contributed by atoms with van der Waals surface area (Å²) < 4.78 is 5.33. The summed E-state index contributed by atoms with van der Waals surface area (Å²) in [6.45, 7) is 3.97. The molecule has 0 N–H and O–H groups in total. The second-order valence-corrected chi connectivity index (χ2v) is 3.88. The molecule has 86 valence electrons. The lowest BCUT2D eigenvalue weighted by Crippen LogP contribution is -2.18. The first kappa shape index (κ1) is 10.9. The van der Waals surface area contributed by atoms with Gasteiger partial charge in [-0.2, -0.15) is 5.11 Å². The maximum absolute atomic E-state index is 5.33. The molecule has 4 heteroatoms. The number of nitrogens with zero attached hydrogens (tertiary/aromatic N) is 3. The second-order valence-electron chi connectivity index (χ2n) is 3.88. The van der Waals surface area contributed by atoms with Gasteiger partial charge in [0.2, 0.25) is 0 Å². The smallest absolute Gasteiger partial charge is 0.124 e. The Morgan fingerprint density at radius 3 is 3.00 bits per heavy atom. The molecule has 1 aliphatic heterocycles. The van der Waals surface area contributed by atoms with E-state index in [2.05, 4.69) is 23.3 Å². The molecule has 0 aliphatic carbocycles. The van der Waals surface area contributed by atoms with Crippen LogP contribution in [0.15, 0.2) is 34.6 Å². The van der Waals surface area contributed by atoms with Gasteiger partial charge >= 0.3 is 0 Å². The van der Waals surface area contributed by atoms with Crippen LogP contribution in [0.2, 0.25) is 0 Å². The molecule has 0 aromatic heterocycles. The van der Waals surface area contributed by atoms with Crippen LogP contribution in [0, 0.1) is 0 Å². The van der Waals surface area contributed by atoms with E-state index < -0.39 is 0 Å². The van der Waals surface area contributed by atoms with E-state index >= 15 is 0 Å². The zero-order valence-electron chi connectivity index (χ0n) is 9.76. The fourth-order valence-corrected chi connectivity index (χ4v) is 1.90. The fourth-order valence-electron chi connectivity index (χ4n) is 1.90. The first-order valence-corrected chi connectivity index (χ1v) is 5.63. The Labute approximate surface area is 95.9 Å². The molecule has 0 radical (unpaired) electrons. The minimum atomic E-state index is 0.114. The van der Waals surface area contributed by atoms with E-state index in [9.17, 15) is 0 Å². The fraction of sp³-hybridized carbons (Fsp3) is 0.500. The number of para-hydroxylation sites is 1. The normalized spacial score (nSPS) is 19.1. The highest BCUT2D eigenvalue weighted by Gasteiger charge is 2.22. The van der Waals surface area contributed by atoms with Gasteiger partial charge in [-0.05, 0) is 12.5 Å². The molecule has 2 rings (SSSR count). The maximum atomic E-state index is 5.33. The van der Waals surface area contributed by atoms with Crippen molar-refractivity contribution in [2.45, 2.75) is 19.4 Å². The Balaban J connectivity index is 2.12. The summed E-state index contributed by atoms with van der Waals surface area (Å²) in [5.74, 6) is 0.893. The van der Waals surface area contributed by atoms with Gasteiger partial charge in [0.1, 0.15) is 11.8 Å². The zero-order chi connectivity index (χ0) is 11.4. The summed E-state index contributed by atoms with van der Waals surface area (Å²) >= 11 is 0. The van der Waals surface area contributed by atoms with Crippen molar-refractivity contribution in [3.8, 4) is 5.75 Å². The predicted molar refractivity (Wildman–Crippen MR) is 62.5 cm³/mol. The van der Waals surface area contributed by atoms with Gasteiger partial charge in [-0.15, -0.1) is 0 Å². The maximum Gasteiger partial charge on any atom is 0.124 e. The molecule has 0 fully saturated rings. The molecule has 1 heterocycles. The van der Waals surface area contributed by atoms with E-state index in [-0.39, 0.29) is 6.04 Å². The Kier molecular flexibility index (Phi) is 3.39. The lowest BCUT2D eigenvalue weighted by atomic mass is 10.1. The highest BCUT2D eigenvalue weighted by atomic mass is 16.5. The second kappa shape index (κ2) is 4.96. The Bertz CT molecular complexity index is 378. The molecule has 0 spiro atoms. The molecule has 16 heavy (non-hydrogen) atoms. The van der Waals surface area contributed by atoms with Gasteiger partial charge in [-0.25, -0.2) is 0 Å². The molecule has 4 nitrogen and oxygen atoms in total. The molecule has 1 aliphatic rings. The van der Waals surface area contributed by atoms with Gasteiger partial charge in [-0.1, -0.05) is 30.3 Å². The number of rotatable bonds is 4. The molecular weight excluding hydrogens is 202 g/mol. The van der Waals surface area contributed by atoms with E-state index in [1.54, 1.807) is 7.11 Å². The van der Waals surface area contributed by atoms with Crippen LogP contribution >= 0.6 is 0 Å². The summed E-state index contributed by atoms with van der Waals surface area (Å²) in [6, 6.07) is 8.11. The number of methoxy groups -OCH3 is 1. The monoisotopic (exact) mass is 219 g/mol. The third-order valence-electron chi connectivity index (χ3n) is 2.68. The van der Waals surface area contributed by atoms with Crippen molar-refractivity contribution in [3.63, 3.8) is 0 Å². The van der Waals surface area contributed by atoms with Crippen LogP contribution in [0.25, 0.3) is 0 Å². The van der Waals surface area contributed by atoms with Crippen LogP contribution in [0.4, 0.5) is 0 Å². The molecule has 0 bridgehead atoms. The van der Waals surface area contributed by atoms with Crippen LogP contribution in [-0.2, 0) is 0 Å². The summed E-state index contributed by atoms with van der Waals surface area (Å²) in [6.07, 6.45) is 1.09. The first-order chi connectivity index (χ1) is 7.85. The van der Waals surface area contributed by atoms with Gasteiger partial charge in [0, 0.05) is 12.1 Å². The Morgan fingerprint density at radius 2 is 2.25 bits per heavy atom. The van der Waals surface area contributed by atoms with Gasteiger partial charge in [-0.3, -0.25) is 5.01 Å². The van der Waals surface area contributed by atoms with Crippen molar-refractivity contribution in [1.82, 2.24) is 5.01 Å². The summed E-state index contributed by atoms with van der Waals surface area (Å²) in [7, 11) is 1.69. The van der Waals surface area contributed by atoms with Gasteiger partial charge < -0.3 is 4.74 Å². The molecule has 1 atom stereocenters. The average molecular weight is 219 g/mol. The minimum absolute atomic E-state index is 0.114. The number of ether oxygens (including phenoxy) is 1. The van der Waals surface area contributed by atoms with Crippen molar-refractivity contribution < 1.29 is 4.74 Å². The topological polar surface area (TPSA) is 37.2 Å². The predicted octanol–water partition coefficient (Wildman–Crippen LogP) is 2.83. The Morgan fingerprint density at radius 1 is 1.44 bits per heavy atom. The molecular formula is C12H17N3O. The SMILES string of the molecule is CCCN1CC(c2ccccc2OC)N=N1. The van der Waals surface area contributed by atoms with Gasteiger partial charge in [0.15, 0.2) is 0 Å². The van der Waals surface area contributed by atoms with Crippen molar-refractivity contribution in [2.24, 2.45) is 10.3 Å². The zero-order valence-corrected chi connectivity index (χ0v) is 9.76. The van der Waals surface area contributed by atoms with Gasteiger partial charge in [0.05, 0.1) is 13.7 Å². The van der Waals surface area contributed by atoms with Crippen LogP contribution in [0.5, 0.6) is 5.75 Å². The lowest BCUT2D eigenvalue weighted by Gasteiger charge is -2.14. The van der Waals surface area contributed by atoms with Crippen LogP contribution in [-0.4, -0.2) is 25.2 Å². The molecule has 1 aromatic rings. The standard InChI is InChI=1S/C12H17N3O/c1-3-8-15-9-11(13-14-15)10-6-4-5-7-12(10)16-2/h4-7,11H,3,8-9H2,1-2H3. The summed E-state index contributed by atoms with van der Waals surface area (Å²) in [4.78, 5) is 0. The summed E-state index contributed by atoms with van der Waals surface area (Å²) in [5.41, 5.74) is 1.12. The highest BCUT2D eigenvalue weighted by Crippen LogP contribution is 2.31. The average Bonchev–Trinajstić information content (AvgIpc) is 2.78. The van der Waals surface area contributed by atoms with Crippen LogP contribution < -0.4 is 4.74 Å². The molecule has 0 amide bonds. The number of hydrogen-bond acceptors (Lipinski definition) is 4. The molecule has 1 unspecified atom stereocenters. The largest absolute Gasteiger partial charge is 0.496 e. The van der Waals surface area contributed by atoms with E-state index in [4.69, 9.17) is 4.74 Å². The van der Waals surface area contributed by atoms with Crippen molar-refractivity contribution in [2.75, 3.05) is 20.2 Å². The number of benzene rings is 1. The van der Waals surface area contributed by atoms with Crippen molar-refractivity contribution >= 4 is 0 Å². The van der Waals surface area contributed by atoms with Crippen LogP contribution in [0.1, 0.15) is 24.9 Å². The highest BCUT2D eigenvalue weighted by molar-refractivity contribution is 5.36. The molecule has 1 aromatic carbocycles. The van der Waals surface area contributed by atoms with E-state index in [0.29, 0.717) is 0 Å². The quantitative estimate of drug-likeness (QED) is 0.780. The third-order valence-corrected chi connectivity index (χ3v) is 2.68. The van der Waals surface area contributed by atoms with Crippen LogP contribution in [0.3, 0.4) is 0 Å². The van der Waals surface area contributed by atoms with Crippen molar-refractivity contribution in [3.05, 3.63) is 29.8 Å². The number of hydrogen-bond donors (Lipinski definition) is 0. The lowest BCUT2D eigenvalue weighted by molar-refractivity contribution is 0.308. The molecule has 0 saturated heterocycles. The van der Waals surface area contributed by atoms with Gasteiger partial charge in [0.25, 0.3) is 0 Å². The third kappa shape index (κ3) is 2.15. The van der Waals surface area contributed by atoms with E-state index in [1.807, 2.05) is 23.2 Å².